The highest BCUT2D eigenvalue weighted by Crippen LogP contribution is 2.41. The quantitative estimate of drug-likeness (QED) is 0.319. The molecule has 1 fully saturated rings. The Hall–Kier alpha value is -2.16. The van der Waals surface area contributed by atoms with E-state index >= 15 is 0 Å². The molecule has 0 aliphatic heterocycles. The highest BCUT2D eigenvalue weighted by Gasteiger charge is 2.41. The number of unbranched alkanes of at least 4 members (excludes halogenated alkanes) is 3. The first-order valence-electron chi connectivity index (χ1n) is 11.9. The maximum absolute atomic E-state index is 13.4. The van der Waals surface area contributed by atoms with Gasteiger partial charge in [0.1, 0.15) is 0 Å². The Morgan fingerprint density at radius 3 is 2.32 bits per heavy atom. The second-order valence-electron chi connectivity index (χ2n) is 9.42. The summed E-state index contributed by atoms with van der Waals surface area (Å²) in [5.74, 6) is -1.13. The van der Waals surface area contributed by atoms with Crippen LogP contribution in [-0.2, 0) is 11.0 Å². The van der Waals surface area contributed by atoms with Gasteiger partial charge >= 0.3 is 12.1 Å². The van der Waals surface area contributed by atoms with Crippen LogP contribution in [0, 0.1) is 11.8 Å². The molecule has 0 amide bonds. The summed E-state index contributed by atoms with van der Waals surface area (Å²) in [5.41, 5.74) is -0.343. The first-order chi connectivity index (χ1) is 16.1. The number of rotatable bonds is 11. The smallest absolute Gasteiger partial charge is 0.417 e. The van der Waals surface area contributed by atoms with E-state index in [-0.39, 0.29) is 36.5 Å². The van der Waals surface area contributed by atoms with Crippen LogP contribution in [0.2, 0.25) is 0 Å². The molecule has 1 aliphatic carbocycles. The van der Waals surface area contributed by atoms with Crippen LogP contribution in [0.5, 0.6) is 0 Å². The van der Waals surface area contributed by atoms with Crippen molar-refractivity contribution in [3.05, 3.63) is 47.5 Å². The molecular formula is C26H33F3O5. The molecule has 2 aromatic carbocycles. The number of aliphatic hydroxyl groups is 3. The molecule has 0 radical (unpaired) electrons. The summed E-state index contributed by atoms with van der Waals surface area (Å²) >= 11 is 0. The third kappa shape index (κ3) is 6.71. The zero-order valence-electron chi connectivity index (χ0n) is 19.0. The third-order valence-corrected chi connectivity index (χ3v) is 7.07. The van der Waals surface area contributed by atoms with Crippen molar-refractivity contribution < 1.29 is 38.4 Å². The molecule has 188 valence electrons. The molecule has 0 heterocycles. The van der Waals surface area contributed by atoms with Crippen LogP contribution in [-0.4, -0.2) is 38.6 Å². The van der Waals surface area contributed by atoms with E-state index in [0.29, 0.717) is 30.2 Å². The lowest BCUT2D eigenvalue weighted by Gasteiger charge is -2.25. The first kappa shape index (κ1) is 26.4. The number of benzene rings is 2. The predicted octanol–water partition coefficient (Wildman–Crippen LogP) is 5.46. The number of aliphatic hydroxyl groups excluding tert-OH is 3. The standard InChI is InChI=1S/C26H33F3O5/c27-26(28,29)21-8-5-6-16-10-11-17(14-20(16)21)22(30)13-12-19-18(23(31)15-24(19)32)7-3-1-2-4-9-25(33)34/h5-6,8,10-11,14,18-19,22-24,30-32H,1-4,7,9,12-13,15H2,(H,33,34)/t18-,19-,22?,23+,24-/m1/s1. The Morgan fingerprint density at radius 1 is 0.971 bits per heavy atom. The fourth-order valence-electron chi connectivity index (χ4n) is 5.25. The molecule has 5 nitrogen and oxygen atoms in total. The van der Waals surface area contributed by atoms with Crippen LogP contribution in [0.15, 0.2) is 36.4 Å². The van der Waals surface area contributed by atoms with Gasteiger partial charge in [0.05, 0.1) is 23.9 Å². The number of hydrogen-bond donors (Lipinski definition) is 4. The predicted molar refractivity (Wildman–Crippen MR) is 122 cm³/mol. The number of fused-ring (bicyclic) bond motifs is 1. The molecule has 0 spiro atoms. The van der Waals surface area contributed by atoms with Crippen LogP contribution in [0.4, 0.5) is 13.2 Å². The van der Waals surface area contributed by atoms with Crippen LogP contribution in [0.1, 0.15) is 75.0 Å². The summed E-state index contributed by atoms with van der Waals surface area (Å²) in [6.45, 7) is 0. The van der Waals surface area contributed by atoms with E-state index < -0.39 is 36.0 Å². The van der Waals surface area contributed by atoms with Crippen molar-refractivity contribution in [1.29, 1.82) is 0 Å². The highest BCUT2D eigenvalue weighted by molar-refractivity contribution is 5.87. The van der Waals surface area contributed by atoms with Crippen molar-refractivity contribution >= 4 is 16.7 Å². The van der Waals surface area contributed by atoms with E-state index in [1.807, 2.05) is 0 Å². The molecule has 0 bridgehead atoms. The van der Waals surface area contributed by atoms with E-state index in [9.17, 15) is 33.3 Å². The normalized spacial score (nSPS) is 23.9. The van der Waals surface area contributed by atoms with Gasteiger partial charge in [-0.3, -0.25) is 4.79 Å². The van der Waals surface area contributed by atoms with Crippen molar-refractivity contribution in [3.8, 4) is 0 Å². The van der Waals surface area contributed by atoms with E-state index in [2.05, 4.69) is 0 Å². The zero-order chi connectivity index (χ0) is 24.9. The van der Waals surface area contributed by atoms with Crippen molar-refractivity contribution in [1.82, 2.24) is 0 Å². The Balaban J connectivity index is 1.60. The minimum atomic E-state index is -4.49. The average molecular weight is 483 g/mol. The minimum Gasteiger partial charge on any atom is -0.481 e. The Labute approximate surface area is 197 Å². The number of aliphatic carboxylic acids is 1. The number of alkyl halides is 3. The number of halogens is 3. The van der Waals surface area contributed by atoms with Crippen LogP contribution >= 0.6 is 0 Å². The van der Waals surface area contributed by atoms with Gasteiger partial charge in [0.2, 0.25) is 0 Å². The van der Waals surface area contributed by atoms with E-state index in [0.717, 1.165) is 25.3 Å². The molecule has 5 atom stereocenters. The van der Waals surface area contributed by atoms with Gasteiger partial charge in [0, 0.05) is 6.42 Å². The summed E-state index contributed by atoms with van der Waals surface area (Å²) < 4.78 is 40.2. The van der Waals surface area contributed by atoms with Crippen molar-refractivity contribution in [2.75, 3.05) is 0 Å². The molecule has 8 heteroatoms. The molecule has 0 aromatic heterocycles. The Morgan fingerprint density at radius 2 is 1.65 bits per heavy atom. The topological polar surface area (TPSA) is 98.0 Å². The fourth-order valence-corrected chi connectivity index (χ4v) is 5.25. The maximum Gasteiger partial charge on any atom is 0.417 e. The summed E-state index contributed by atoms with van der Waals surface area (Å²) in [6, 6.07) is 8.58. The molecule has 34 heavy (non-hydrogen) atoms. The van der Waals surface area contributed by atoms with Gasteiger partial charge in [-0.2, -0.15) is 13.2 Å². The molecule has 1 saturated carbocycles. The lowest BCUT2D eigenvalue weighted by Crippen LogP contribution is -2.23. The minimum absolute atomic E-state index is 0.0450. The molecule has 1 unspecified atom stereocenters. The molecule has 2 aromatic rings. The lowest BCUT2D eigenvalue weighted by molar-refractivity contribution is -0.137. The fraction of sp³-hybridized carbons (Fsp3) is 0.577. The Bertz CT molecular complexity index is 961. The average Bonchev–Trinajstić information content (AvgIpc) is 3.04. The van der Waals surface area contributed by atoms with Crippen molar-refractivity contribution in [3.63, 3.8) is 0 Å². The molecule has 3 rings (SSSR count). The highest BCUT2D eigenvalue weighted by atomic mass is 19.4. The van der Waals surface area contributed by atoms with Crippen LogP contribution in [0.25, 0.3) is 10.8 Å². The molecular weight excluding hydrogens is 449 g/mol. The number of carbonyl (C=O) groups is 1. The summed E-state index contributed by atoms with van der Waals surface area (Å²) in [6.07, 6.45) is -1.88. The molecule has 1 aliphatic rings. The Kier molecular flexibility index (Phi) is 8.95. The largest absolute Gasteiger partial charge is 0.481 e. The van der Waals surface area contributed by atoms with Gasteiger partial charge in [-0.1, -0.05) is 43.5 Å². The number of carboxylic acids is 1. The summed E-state index contributed by atoms with van der Waals surface area (Å²) in [7, 11) is 0. The number of carboxylic acid groups (broad SMARTS) is 1. The molecule has 0 saturated heterocycles. The van der Waals surface area contributed by atoms with Crippen LogP contribution in [0.3, 0.4) is 0 Å². The second-order valence-corrected chi connectivity index (χ2v) is 9.42. The lowest BCUT2D eigenvalue weighted by atomic mass is 9.84. The first-order valence-corrected chi connectivity index (χ1v) is 11.9. The molecule has 4 N–H and O–H groups in total. The van der Waals surface area contributed by atoms with Crippen molar-refractivity contribution in [2.24, 2.45) is 11.8 Å². The van der Waals surface area contributed by atoms with E-state index in [1.54, 1.807) is 18.2 Å². The maximum atomic E-state index is 13.4. The zero-order valence-corrected chi connectivity index (χ0v) is 19.0. The SMILES string of the molecule is O=C(O)CCCCCC[C@@H]1[C@@H](CCC(O)c2ccc3cccc(C(F)(F)F)c3c2)[C@H](O)C[C@@H]1O. The van der Waals surface area contributed by atoms with E-state index in [1.165, 1.54) is 12.1 Å². The monoisotopic (exact) mass is 482 g/mol. The van der Waals surface area contributed by atoms with Gasteiger partial charge in [-0.25, -0.2) is 0 Å². The van der Waals surface area contributed by atoms with E-state index in [4.69, 9.17) is 5.11 Å². The van der Waals surface area contributed by atoms with Gasteiger partial charge in [-0.05, 0) is 72.4 Å². The summed E-state index contributed by atoms with van der Waals surface area (Å²) in [4.78, 5) is 10.6. The van der Waals surface area contributed by atoms with Gasteiger partial charge in [0.25, 0.3) is 0 Å². The van der Waals surface area contributed by atoms with Gasteiger partial charge in [-0.15, -0.1) is 0 Å². The third-order valence-electron chi connectivity index (χ3n) is 7.07. The van der Waals surface area contributed by atoms with Gasteiger partial charge in [0.15, 0.2) is 0 Å². The number of hydrogen-bond acceptors (Lipinski definition) is 4. The van der Waals surface area contributed by atoms with Crippen LogP contribution < -0.4 is 0 Å². The second kappa shape index (κ2) is 11.5. The van der Waals surface area contributed by atoms with Crippen molar-refractivity contribution in [2.45, 2.75) is 82.3 Å². The van der Waals surface area contributed by atoms with Gasteiger partial charge < -0.3 is 20.4 Å². The summed E-state index contributed by atoms with van der Waals surface area (Å²) in [5, 5.41) is 40.8.